The Bertz CT molecular complexity index is 1180. The van der Waals surface area contributed by atoms with Gasteiger partial charge in [-0.15, -0.1) is 0 Å². The molecule has 6 nitrogen and oxygen atoms in total. The summed E-state index contributed by atoms with van der Waals surface area (Å²) >= 11 is 0. The summed E-state index contributed by atoms with van der Waals surface area (Å²) in [7, 11) is 1.56. The summed E-state index contributed by atoms with van der Waals surface area (Å²) in [5, 5.41) is 10.5. The van der Waals surface area contributed by atoms with E-state index in [4.69, 9.17) is 9.47 Å². The van der Waals surface area contributed by atoms with Crippen molar-refractivity contribution in [2.24, 2.45) is 0 Å². The number of hydrogen-bond donors (Lipinski definition) is 1. The highest BCUT2D eigenvalue weighted by Gasteiger charge is 2.53. The number of nitrogens with zero attached hydrogens (tertiary/aromatic N) is 1. The molecule has 0 unspecified atom stereocenters. The fraction of sp³-hybridized carbons (Fsp3) is 0.259. The molecule has 0 fully saturated rings. The molecule has 1 heterocycles. The van der Waals surface area contributed by atoms with Crippen LogP contribution < -0.4 is 9.47 Å². The Hall–Kier alpha value is -3.80. The van der Waals surface area contributed by atoms with E-state index in [0.29, 0.717) is 34.8 Å². The van der Waals surface area contributed by atoms with Crippen molar-refractivity contribution in [3.63, 3.8) is 0 Å². The fourth-order valence-electron chi connectivity index (χ4n) is 4.67. The molecular formula is C27H27NO5. The van der Waals surface area contributed by atoms with E-state index < -0.39 is 17.4 Å². The Morgan fingerprint density at radius 1 is 1.03 bits per heavy atom. The lowest BCUT2D eigenvalue weighted by molar-refractivity contribution is -0.146. The van der Waals surface area contributed by atoms with Crippen molar-refractivity contribution in [3.8, 4) is 11.5 Å². The number of fused-ring (bicyclic) bond motifs is 1. The Labute approximate surface area is 193 Å². The number of carbonyl (C=O) groups excluding carboxylic acids is 1. The van der Waals surface area contributed by atoms with Crippen molar-refractivity contribution in [1.29, 1.82) is 0 Å². The van der Waals surface area contributed by atoms with E-state index in [0.717, 1.165) is 5.56 Å². The van der Waals surface area contributed by atoms with Gasteiger partial charge in [0.15, 0.2) is 11.5 Å². The van der Waals surface area contributed by atoms with Gasteiger partial charge in [0.05, 0.1) is 19.8 Å². The second-order valence-electron chi connectivity index (χ2n) is 8.22. The second-order valence-corrected chi connectivity index (χ2v) is 8.22. The molecule has 0 saturated carbocycles. The van der Waals surface area contributed by atoms with Crippen molar-refractivity contribution in [1.82, 2.24) is 4.90 Å². The van der Waals surface area contributed by atoms with Crippen LogP contribution in [0.5, 0.6) is 11.5 Å². The molecule has 0 aliphatic carbocycles. The minimum absolute atomic E-state index is 0.202. The zero-order valence-electron chi connectivity index (χ0n) is 18.9. The number of rotatable bonds is 7. The predicted molar refractivity (Wildman–Crippen MR) is 125 cm³/mol. The number of hydrogen-bond acceptors (Lipinski definition) is 4. The van der Waals surface area contributed by atoms with Crippen LogP contribution in [0, 0.1) is 0 Å². The SMILES string of the molecule is CCOc1cc([C@H]2N(Cc3ccccc3)C(=O)c3ccccc3[C@@]2(C)C(=O)O)ccc1OC. The van der Waals surface area contributed by atoms with Gasteiger partial charge >= 0.3 is 5.97 Å². The first-order chi connectivity index (χ1) is 15.9. The standard InChI is InChI=1S/C27H27NO5/c1-4-33-23-16-19(14-15-22(23)32-3)24-27(2,26(30)31)21-13-9-8-12-20(21)25(29)28(24)17-18-10-6-5-7-11-18/h5-16,24H,4,17H2,1-3H3,(H,30,31)/t24-,27-/m1/s1. The highest BCUT2D eigenvalue weighted by atomic mass is 16.5. The number of aliphatic carboxylic acids is 1. The van der Waals surface area contributed by atoms with Gasteiger partial charge in [-0.2, -0.15) is 0 Å². The molecule has 3 aromatic carbocycles. The number of benzene rings is 3. The molecule has 3 aromatic rings. The molecule has 4 rings (SSSR count). The maximum absolute atomic E-state index is 13.7. The molecule has 0 aromatic heterocycles. The summed E-state index contributed by atoms with van der Waals surface area (Å²) in [5.74, 6) is -0.141. The lowest BCUT2D eigenvalue weighted by Gasteiger charge is -2.47. The molecule has 1 aliphatic rings. The highest BCUT2D eigenvalue weighted by molar-refractivity contribution is 6.01. The van der Waals surface area contributed by atoms with Crippen LogP contribution >= 0.6 is 0 Å². The van der Waals surface area contributed by atoms with Crippen LogP contribution in [0.3, 0.4) is 0 Å². The number of ether oxygens (including phenoxy) is 2. The van der Waals surface area contributed by atoms with Gasteiger partial charge in [-0.1, -0.05) is 54.6 Å². The van der Waals surface area contributed by atoms with Crippen LogP contribution in [-0.2, 0) is 16.8 Å². The van der Waals surface area contributed by atoms with E-state index >= 15 is 0 Å². The molecule has 1 N–H and O–H groups in total. The minimum atomic E-state index is -1.38. The van der Waals surface area contributed by atoms with E-state index in [-0.39, 0.29) is 12.5 Å². The predicted octanol–water partition coefficient (Wildman–Crippen LogP) is 4.83. The van der Waals surface area contributed by atoms with E-state index in [2.05, 4.69) is 0 Å². The van der Waals surface area contributed by atoms with Crippen molar-refractivity contribution < 1.29 is 24.2 Å². The van der Waals surface area contributed by atoms with Crippen molar-refractivity contribution in [3.05, 3.63) is 95.1 Å². The van der Waals surface area contributed by atoms with Crippen molar-refractivity contribution in [2.45, 2.75) is 31.8 Å². The van der Waals surface area contributed by atoms with Gasteiger partial charge in [-0.25, -0.2) is 0 Å². The Kier molecular flexibility index (Phi) is 6.09. The molecule has 0 saturated heterocycles. The smallest absolute Gasteiger partial charge is 0.316 e. The van der Waals surface area contributed by atoms with Crippen LogP contribution in [0.4, 0.5) is 0 Å². The summed E-state index contributed by atoms with van der Waals surface area (Å²) in [5.41, 5.74) is 1.13. The van der Waals surface area contributed by atoms with Crippen molar-refractivity contribution >= 4 is 11.9 Å². The zero-order valence-corrected chi connectivity index (χ0v) is 18.9. The van der Waals surface area contributed by atoms with Crippen LogP contribution in [0.25, 0.3) is 0 Å². The molecule has 170 valence electrons. The topological polar surface area (TPSA) is 76.1 Å². The van der Waals surface area contributed by atoms with E-state index in [1.165, 1.54) is 0 Å². The first kappa shape index (κ1) is 22.4. The Balaban J connectivity index is 1.95. The molecule has 33 heavy (non-hydrogen) atoms. The summed E-state index contributed by atoms with van der Waals surface area (Å²) in [6, 6.07) is 21.2. The number of methoxy groups -OCH3 is 1. The summed E-state index contributed by atoms with van der Waals surface area (Å²) in [6.07, 6.45) is 0. The van der Waals surface area contributed by atoms with Crippen LogP contribution in [-0.4, -0.2) is 35.6 Å². The monoisotopic (exact) mass is 445 g/mol. The Morgan fingerprint density at radius 3 is 2.39 bits per heavy atom. The van der Waals surface area contributed by atoms with E-state index in [9.17, 15) is 14.7 Å². The molecule has 2 atom stereocenters. The maximum Gasteiger partial charge on any atom is 0.316 e. The lowest BCUT2D eigenvalue weighted by Crippen LogP contribution is -2.53. The average molecular weight is 446 g/mol. The minimum Gasteiger partial charge on any atom is -0.493 e. The summed E-state index contributed by atoms with van der Waals surface area (Å²) < 4.78 is 11.2. The first-order valence-electron chi connectivity index (χ1n) is 10.9. The highest BCUT2D eigenvalue weighted by Crippen LogP contribution is 2.49. The summed E-state index contributed by atoms with van der Waals surface area (Å²) in [4.78, 5) is 28.2. The first-order valence-corrected chi connectivity index (χ1v) is 10.9. The maximum atomic E-state index is 13.7. The third kappa shape index (κ3) is 3.82. The molecule has 1 amide bonds. The quantitative estimate of drug-likeness (QED) is 0.564. The number of amides is 1. The van der Waals surface area contributed by atoms with Crippen LogP contribution in [0.15, 0.2) is 72.8 Å². The van der Waals surface area contributed by atoms with Gasteiger partial charge in [-0.3, -0.25) is 9.59 Å². The third-order valence-electron chi connectivity index (χ3n) is 6.28. The average Bonchev–Trinajstić information content (AvgIpc) is 2.83. The number of carboxylic acids is 1. The second kappa shape index (κ2) is 8.98. The lowest BCUT2D eigenvalue weighted by atomic mass is 9.68. The molecule has 0 bridgehead atoms. The molecule has 1 aliphatic heterocycles. The largest absolute Gasteiger partial charge is 0.493 e. The normalized spacial score (nSPS) is 19.7. The number of carbonyl (C=O) groups is 2. The van der Waals surface area contributed by atoms with Gasteiger partial charge in [0, 0.05) is 12.1 Å². The van der Waals surface area contributed by atoms with Gasteiger partial charge < -0.3 is 19.5 Å². The van der Waals surface area contributed by atoms with Gasteiger partial charge in [-0.05, 0) is 48.7 Å². The van der Waals surface area contributed by atoms with Gasteiger partial charge in [0.2, 0.25) is 0 Å². The summed E-state index contributed by atoms with van der Waals surface area (Å²) in [6.45, 7) is 4.26. The molecule has 6 heteroatoms. The third-order valence-corrected chi connectivity index (χ3v) is 6.28. The molecular weight excluding hydrogens is 418 g/mol. The molecule has 0 radical (unpaired) electrons. The van der Waals surface area contributed by atoms with Crippen molar-refractivity contribution in [2.75, 3.05) is 13.7 Å². The molecule has 0 spiro atoms. The van der Waals surface area contributed by atoms with E-state index in [1.807, 2.05) is 43.3 Å². The fourth-order valence-corrected chi connectivity index (χ4v) is 4.67. The van der Waals surface area contributed by atoms with Gasteiger partial charge in [0.25, 0.3) is 5.91 Å². The number of carboxylic acid groups (broad SMARTS) is 1. The Morgan fingerprint density at radius 2 is 1.73 bits per heavy atom. The zero-order chi connectivity index (χ0) is 23.6. The van der Waals surface area contributed by atoms with E-state index in [1.54, 1.807) is 55.3 Å². The van der Waals surface area contributed by atoms with Crippen LogP contribution in [0.1, 0.15) is 46.9 Å². The van der Waals surface area contributed by atoms with Gasteiger partial charge in [0.1, 0.15) is 5.41 Å². The van der Waals surface area contributed by atoms with Crippen LogP contribution in [0.2, 0.25) is 0 Å².